The van der Waals surface area contributed by atoms with Gasteiger partial charge in [-0.15, -0.1) is 0 Å². The Morgan fingerprint density at radius 3 is 2.30 bits per heavy atom. The van der Waals surface area contributed by atoms with Crippen molar-refractivity contribution in [1.29, 1.82) is 0 Å². The van der Waals surface area contributed by atoms with Crippen LogP contribution >= 0.6 is 31.9 Å². The molecule has 0 aliphatic rings. The fourth-order valence-corrected chi connectivity index (χ4v) is 3.26. The van der Waals surface area contributed by atoms with Crippen LogP contribution < -0.4 is 14.9 Å². The SMILES string of the molecule is COc1ccc(Br)cc1C(=O)N/N=C\c1cc(Br)ccc1OC(=O)c1ccccc1. The molecule has 0 fully saturated rings. The molecule has 152 valence electrons. The number of benzene rings is 3. The summed E-state index contributed by atoms with van der Waals surface area (Å²) in [7, 11) is 1.48. The Morgan fingerprint density at radius 2 is 1.60 bits per heavy atom. The van der Waals surface area contributed by atoms with Crippen molar-refractivity contribution < 1.29 is 19.1 Å². The van der Waals surface area contributed by atoms with Gasteiger partial charge in [0.1, 0.15) is 11.5 Å². The van der Waals surface area contributed by atoms with E-state index < -0.39 is 11.9 Å². The summed E-state index contributed by atoms with van der Waals surface area (Å²) in [6.07, 6.45) is 1.40. The summed E-state index contributed by atoms with van der Waals surface area (Å²) in [6.45, 7) is 0. The Labute approximate surface area is 190 Å². The molecule has 0 atom stereocenters. The highest BCUT2D eigenvalue weighted by atomic mass is 79.9. The van der Waals surface area contributed by atoms with Crippen molar-refractivity contribution in [2.24, 2.45) is 5.10 Å². The predicted octanol–water partition coefficient (Wildman–Crippen LogP) is 5.20. The fraction of sp³-hybridized carbons (Fsp3) is 0.0455. The lowest BCUT2D eigenvalue weighted by molar-refractivity contribution is 0.0734. The zero-order chi connectivity index (χ0) is 21.5. The van der Waals surface area contributed by atoms with Crippen LogP contribution in [0.1, 0.15) is 26.3 Å². The number of hydrogen-bond donors (Lipinski definition) is 1. The molecule has 0 saturated heterocycles. The molecule has 0 bridgehead atoms. The summed E-state index contributed by atoms with van der Waals surface area (Å²) in [5.74, 6) is -0.200. The second-order valence-electron chi connectivity index (χ2n) is 5.98. The van der Waals surface area contributed by atoms with Crippen LogP contribution in [0.5, 0.6) is 11.5 Å². The van der Waals surface area contributed by atoms with Gasteiger partial charge in [-0.1, -0.05) is 50.1 Å². The number of rotatable bonds is 6. The van der Waals surface area contributed by atoms with Gasteiger partial charge in [0.05, 0.1) is 24.5 Å². The van der Waals surface area contributed by atoms with Gasteiger partial charge in [0.25, 0.3) is 5.91 Å². The third kappa shape index (κ3) is 5.55. The van der Waals surface area contributed by atoms with E-state index in [1.165, 1.54) is 13.3 Å². The highest BCUT2D eigenvalue weighted by molar-refractivity contribution is 9.10. The average Bonchev–Trinajstić information content (AvgIpc) is 2.76. The van der Waals surface area contributed by atoms with E-state index in [4.69, 9.17) is 9.47 Å². The van der Waals surface area contributed by atoms with E-state index >= 15 is 0 Å². The molecule has 0 unspecified atom stereocenters. The fourth-order valence-electron chi connectivity index (χ4n) is 2.52. The number of esters is 1. The number of hydrazone groups is 1. The number of hydrogen-bond acceptors (Lipinski definition) is 5. The van der Waals surface area contributed by atoms with Crippen LogP contribution in [-0.2, 0) is 0 Å². The number of methoxy groups -OCH3 is 1. The zero-order valence-corrected chi connectivity index (χ0v) is 18.9. The topological polar surface area (TPSA) is 77.0 Å². The Balaban J connectivity index is 1.77. The number of nitrogens with zero attached hydrogens (tertiary/aromatic N) is 1. The third-order valence-electron chi connectivity index (χ3n) is 3.96. The largest absolute Gasteiger partial charge is 0.496 e. The first-order valence-corrected chi connectivity index (χ1v) is 10.3. The Kier molecular flexibility index (Phi) is 7.37. The van der Waals surface area contributed by atoms with Crippen LogP contribution in [0.25, 0.3) is 0 Å². The van der Waals surface area contributed by atoms with Gasteiger partial charge in [-0.3, -0.25) is 4.79 Å². The molecule has 0 heterocycles. The van der Waals surface area contributed by atoms with Crippen LogP contribution in [-0.4, -0.2) is 25.2 Å². The number of nitrogens with one attached hydrogen (secondary N) is 1. The van der Waals surface area contributed by atoms with E-state index in [-0.39, 0.29) is 0 Å². The van der Waals surface area contributed by atoms with Crippen molar-refractivity contribution in [3.05, 3.63) is 92.4 Å². The number of amides is 1. The van der Waals surface area contributed by atoms with Gasteiger partial charge in [-0.05, 0) is 48.5 Å². The molecule has 30 heavy (non-hydrogen) atoms. The molecule has 0 aliphatic heterocycles. The van der Waals surface area contributed by atoms with Gasteiger partial charge >= 0.3 is 5.97 Å². The number of ether oxygens (including phenoxy) is 2. The van der Waals surface area contributed by atoms with Crippen molar-refractivity contribution in [1.82, 2.24) is 5.43 Å². The van der Waals surface area contributed by atoms with Gasteiger partial charge in [0, 0.05) is 14.5 Å². The first kappa shape index (κ1) is 21.7. The smallest absolute Gasteiger partial charge is 0.343 e. The Morgan fingerprint density at radius 1 is 0.933 bits per heavy atom. The third-order valence-corrected chi connectivity index (χ3v) is 4.95. The molecule has 3 aromatic carbocycles. The molecule has 0 aromatic heterocycles. The molecular formula is C22H16Br2N2O4. The lowest BCUT2D eigenvalue weighted by Gasteiger charge is -2.09. The molecular weight excluding hydrogens is 516 g/mol. The first-order chi connectivity index (χ1) is 14.5. The molecule has 6 nitrogen and oxygen atoms in total. The summed E-state index contributed by atoms with van der Waals surface area (Å²) < 4.78 is 12.2. The summed E-state index contributed by atoms with van der Waals surface area (Å²) in [5, 5.41) is 4.00. The summed E-state index contributed by atoms with van der Waals surface area (Å²) in [4.78, 5) is 24.8. The average molecular weight is 532 g/mol. The van der Waals surface area contributed by atoms with Crippen LogP contribution in [0, 0.1) is 0 Å². The maximum Gasteiger partial charge on any atom is 0.343 e. The van der Waals surface area contributed by atoms with Crippen LogP contribution in [0.15, 0.2) is 80.8 Å². The maximum absolute atomic E-state index is 12.5. The molecule has 8 heteroatoms. The monoisotopic (exact) mass is 530 g/mol. The molecule has 0 saturated carbocycles. The minimum atomic E-state index is -0.490. The van der Waals surface area contributed by atoms with Gasteiger partial charge in [0.15, 0.2) is 0 Å². The van der Waals surface area contributed by atoms with Crippen LogP contribution in [0.4, 0.5) is 0 Å². The zero-order valence-electron chi connectivity index (χ0n) is 15.8. The molecule has 3 aromatic rings. The number of carbonyl (C=O) groups is 2. The highest BCUT2D eigenvalue weighted by Gasteiger charge is 2.13. The molecule has 0 radical (unpaired) electrons. The molecule has 1 N–H and O–H groups in total. The van der Waals surface area contributed by atoms with E-state index in [9.17, 15) is 9.59 Å². The summed E-state index contributed by atoms with van der Waals surface area (Å²) >= 11 is 6.71. The Hall–Kier alpha value is -2.97. The van der Waals surface area contributed by atoms with Gasteiger partial charge in [-0.25, -0.2) is 10.2 Å². The first-order valence-electron chi connectivity index (χ1n) is 8.71. The Bertz CT molecular complexity index is 1100. The normalized spacial score (nSPS) is 10.6. The van der Waals surface area contributed by atoms with E-state index in [2.05, 4.69) is 42.4 Å². The predicted molar refractivity (Wildman–Crippen MR) is 121 cm³/mol. The minimum Gasteiger partial charge on any atom is -0.496 e. The van der Waals surface area contributed by atoms with Crippen molar-refractivity contribution in [3.8, 4) is 11.5 Å². The van der Waals surface area contributed by atoms with Crippen molar-refractivity contribution in [2.75, 3.05) is 7.11 Å². The molecule has 0 aliphatic carbocycles. The second-order valence-corrected chi connectivity index (χ2v) is 7.81. The van der Waals surface area contributed by atoms with Crippen molar-refractivity contribution >= 4 is 50.0 Å². The van der Waals surface area contributed by atoms with E-state index in [0.29, 0.717) is 28.2 Å². The quantitative estimate of drug-likeness (QED) is 0.205. The minimum absolute atomic E-state index is 0.310. The van der Waals surface area contributed by atoms with E-state index in [1.54, 1.807) is 60.7 Å². The number of halogens is 2. The molecule has 1 amide bonds. The molecule has 3 rings (SSSR count). The lowest BCUT2D eigenvalue weighted by Crippen LogP contribution is -2.18. The van der Waals surface area contributed by atoms with Gasteiger partial charge in [-0.2, -0.15) is 5.10 Å². The van der Waals surface area contributed by atoms with Gasteiger partial charge in [0.2, 0.25) is 0 Å². The van der Waals surface area contributed by atoms with E-state index in [0.717, 1.165) is 8.95 Å². The van der Waals surface area contributed by atoms with Gasteiger partial charge < -0.3 is 9.47 Å². The maximum atomic E-state index is 12.5. The van der Waals surface area contributed by atoms with E-state index in [1.807, 2.05) is 6.07 Å². The summed E-state index contributed by atoms with van der Waals surface area (Å²) in [5.41, 5.74) is 3.72. The lowest BCUT2D eigenvalue weighted by atomic mass is 10.2. The van der Waals surface area contributed by atoms with Crippen LogP contribution in [0.2, 0.25) is 0 Å². The summed E-state index contributed by atoms with van der Waals surface area (Å²) in [6, 6.07) is 18.9. The highest BCUT2D eigenvalue weighted by Crippen LogP contribution is 2.24. The van der Waals surface area contributed by atoms with Crippen molar-refractivity contribution in [3.63, 3.8) is 0 Å². The number of carbonyl (C=O) groups excluding carboxylic acids is 2. The standard InChI is InChI=1S/C22H16Br2N2O4/c1-29-20-10-8-17(24)12-18(20)21(27)26-25-13-15-11-16(23)7-9-19(15)30-22(28)14-5-3-2-4-6-14/h2-13H,1H3,(H,26,27)/b25-13-. The second kappa shape index (κ2) is 10.2. The molecule has 0 spiro atoms. The van der Waals surface area contributed by atoms with Crippen molar-refractivity contribution in [2.45, 2.75) is 0 Å². The van der Waals surface area contributed by atoms with Crippen LogP contribution in [0.3, 0.4) is 0 Å².